The molecule has 2 aromatic rings. The molecule has 6 heteroatoms. The smallest absolute Gasteiger partial charge is 0.338 e. The zero-order chi connectivity index (χ0) is 19.5. The van der Waals surface area contributed by atoms with Crippen molar-refractivity contribution in [1.82, 2.24) is 0 Å². The zero-order valence-corrected chi connectivity index (χ0v) is 15.2. The first kappa shape index (κ1) is 20.0. The van der Waals surface area contributed by atoms with E-state index in [0.29, 0.717) is 55.0 Å². The average Bonchev–Trinajstić information content (AvgIpc) is 2.68. The van der Waals surface area contributed by atoms with Crippen molar-refractivity contribution < 1.29 is 19.1 Å². The molecule has 1 amide bonds. The highest BCUT2D eigenvalue weighted by Gasteiger charge is 2.08. The number of benzene rings is 2. The molecule has 0 aliphatic carbocycles. The molecular weight excluding hydrogens is 344 g/mol. The molecule has 0 radical (unpaired) electrons. The van der Waals surface area contributed by atoms with Crippen LogP contribution in [0.25, 0.3) is 0 Å². The van der Waals surface area contributed by atoms with Crippen LogP contribution >= 0.6 is 0 Å². The second-order valence-electron chi connectivity index (χ2n) is 5.79. The molecule has 140 valence electrons. The zero-order valence-electron chi connectivity index (χ0n) is 15.2. The fourth-order valence-electron chi connectivity index (χ4n) is 2.39. The number of carbonyl (C=O) groups is 2. The maximum Gasteiger partial charge on any atom is 0.338 e. The van der Waals surface area contributed by atoms with Gasteiger partial charge in [0.25, 0.3) is 0 Å². The summed E-state index contributed by atoms with van der Waals surface area (Å²) in [6.45, 7) is 2.52. The van der Waals surface area contributed by atoms with Crippen molar-refractivity contribution in [3.63, 3.8) is 0 Å². The van der Waals surface area contributed by atoms with E-state index in [1.165, 1.54) is 0 Å². The molecule has 2 rings (SSSR count). The van der Waals surface area contributed by atoms with Crippen LogP contribution in [-0.4, -0.2) is 25.1 Å². The van der Waals surface area contributed by atoms with Gasteiger partial charge in [-0.1, -0.05) is 12.1 Å². The molecule has 0 aliphatic heterocycles. The summed E-state index contributed by atoms with van der Waals surface area (Å²) in [6.07, 6.45) is 1.74. The third kappa shape index (κ3) is 6.83. The van der Waals surface area contributed by atoms with E-state index in [9.17, 15) is 9.59 Å². The lowest BCUT2D eigenvalue weighted by molar-refractivity contribution is -0.116. The largest absolute Gasteiger partial charge is 0.494 e. The van der Waals surface area contributed by atoms with Crippen molar-refractivity contribution in [3.05, 3.63) is 59.7 Å². The first-order valence-electron chi connectivity index (χ1n) is 8.82. The number of ether oxygens (including phenoxy) is 2. The van der Waals surface area contributed by atoms with Gasteiger partial charge in [0.05, 0.1) is 30.4 Å². The summed E-state index contributed by atoms with van der Waals surface area (Å²) >= 11 is 0. The predicted molar refractivity (Wildman–Crippen MR) is 102 cm³/mol. The third-order valence-corrected chi connectivity index (χ3v) is 3.69. The normalized spacial score (nSPS) is 9.93. The van der Waals surface area contributed by atoms with Gasteiger partial charge >= 0.3 is 5.97 Å². The maximum atomic E-state index is 12.0. The van der Waals surface area contributed by atoms with Crippen LogP contribution in [0.4, 0.5) is 5.69 Å². The van der Waals surface area contributed by atoms with E-state index >= 15 is 0 Å². The standard InChI is InChI=1S/C21H22N2O4/c1-2-26-21(25)17-8-6-9-18(14-17)23-20(24)11-3-4-12-27-19-10-5-7-16(13-19)15-22/h5-10,13-14H,2-4,11-12H2,1H3,(H,23,24). The Balaban J connectivity index is 1.71. The van der Waals surface area contributed by atoms with E-state index < -0.39 is 5.97 Å². The Bertz CT molecular complexity index is 827. The highest BCUT2D eigenvalue weighted by molar-refractivity contribution is 5.94. The fourth-order valence-corrected chi connectivity index (χ4v) is 2.39. The van der Waals surface area contributed by atoms with Crippen LogP contribution in [0.3, 0.4) is 0 Å². The number of nitrogens with zero attached hydrogens (tertiary/aromatic N) is 1. The number of amides is 1. The summed E-state index contributed by atoms with van der Waals surface area (Å²) in [5.74, 6) is 0.114. The maximum absolute atomic E-state index is 12.0. The molecule has 0 unspecified atom stereocenters. The Morgan fingerprint density at radius 3 is 2.70 bits per heavy atom. The number of hydrogen-bond acceptors (Lipinski definition) is 5. The number of hydrogen-bond donors (Lipinski definition) is 1. The lowest BCUT2D eigenvalue weighted by Gasteiger charge is -2.08. The highest BCUT2D eigenvalue weighted by atomic mass is 16.5. The second-order valence-corrected chi connectivity index (χ2v) is 5.79. The Kier molecular flexibility index (Phi) is 7.86. The van der Waals surface area contributed by atoms with E-state index in [1.54, 1.807) is 55.5 Å². The fraction of sp³-hybridized carbons (Fsp3) is 0.286. The minimum absolute atomic E-state index is 0.123. The lowest BCUT2D eigenvalue weighted by Crippen LogP contribution is -2.12. The summed E-state index contributed by atoms with van der Waals surface area (Å²) in [4.78, 5) is 23.7. The minimum atomic E-state index is -0.411. The van der Waals surface area contributed by atoms with Gasteiger partial charge in [0.1, 0.15) is 5.75 Å². The van der Waals surface area contributed by atoms with Gasteiger partial charge in [-0.15, -0.1) is 0 Å². The number of carbonyl (C=O) groups excluding carboxylic acids is 2. The molecule has 2 aromatic carbocycles. The molecule has 0 spiro atoms. The van der Waals surface area contributed by atoms with Gasteiger partial charge in [0.15, 0.2) is 0 Å². The van der Waals surface area contributed by atoms with Crippen molar-refractivity contribution in [2.45, 2.75) is 26.2 Å². The number of nitriles is 1. The van der Waals surface area contributed by atoms with E-state index in [1.807, 2.05) is 0 Å². The molecule has 0 saturated heterocycles. The molecule has 0 atom stereocenters. The van der Waals surface area contributed by atoms with Crippen LogP contribution in [-0.2, 0) is 9.53 Å². The monoisotopic (exact) mass is 366 g/mol. The quantitative estimate of drug-likeness (QED) is 0.537. The van der Waals surface area contributed by atoms with Gasteiger partial charge in [0, 0.05) is 12.1 Å². The molecule has 0 aliphatic rings. The van der Waals surface area contributed by atoms with Crippen LogP contribution in [0.2, 0.25) is 0 Å². The summed E-state index contributed by atoms with van der Waals surface area (Å²) in [5.41, 5.74) is 1.52. The molecule has 0 heterocycles. The number of unbranched alkanes of at least 4 members (excludes halogenated alkanes) is 1. The van der Waals surface area contributed by atoms with Crippen molar-refractivity contribution in [3.8, 4) is 11.8 Å². The van der Waals surface area contributed by atoms with Crippen LogP contribution in [0.5, 0.6) is 5.75 Å². The van der Waals surface area contributed by atoms with Gasteiger partial charge in [-0.05, 0) is 56.2 Å². The third-order valence-electron chi connectivity index (χ3n) is 3.69. The number of esters is 1. The predicted octanol–water partition coefficient (Wildman–Crippen LogP) is 3.92. The molecule has 6 nitrogen and oxygen atoms in total. The summed E-state index contributed by atoms with van der Waals surface area (Å²) < 4.78 is 10.5. The average molecular weight is 366 g/mol. The van der Waals surface area contributed by atoms with Crippen molar-refractivity contribution in [2.75, 3.05) is 18.5 Å². The first-order chi connectivity index (χ1) is 13.1. The van der Waals surface area contributed by atoms with Crippen molar-refractivity contribution in [2.24, 2.45) is 0 Å². The van der Waals surface area contributed by atoms with Crippen LogP contribution in [0.15, 0.2) is 48.5 Å². The molecule has 1 N–H and O–H groups in total. The Labute approximate surface area is 158 Å². The summed E-state index contributed by atoms with van der Waals surface area (Å²) in [7, 11) is 0. The molecule has 0 saturated carbocycles. The van der Waals surface area contributed by atoms with Gasteiger partial charge in [-0.2, -0.15) is 5.26 Å². The topological polar surface area (TPSA) is 88.4 Å². The molecule has 27 heavy (non-hydrogen) atoms. The SMILES string of the molecule is CCOC(=O)c1cccc(NC(=O)CCCCOc2cccc(C#N)c2)c1. The first-order valence-corrected chi connectivity index (χ1v) is 8.82. The summed E-state index contributed by atoms with van der Waals surface area (Å²) in [6, 6.07) is 15.7. The van der Waals surface area contributed by atoms with E-state index in [0.717, 1.165) is 0 Å². The Morgan fingerprint density at radius 1 is 1.11 bits per heavy atom. The lowest BCUT2D eigenvalue weighted by atomic mass is 10.2. The summed E-state index contributed by atoms with van der Waals surface area (Å²) in [5, 5.41) is 11.6. The molecular formula is C21H22N2O4. The minimum Gasteiger partial charge on any atom is -0.494 e. The van der Waals surface area contributed by atoms with Crippen LogP contribution in [0.1, 0.15) is 42.1 Å². The van der Waals surface area contributed by atoms with Crippen molar-refractivity contribution >= 4 is 17.6 Å². The number of anilines is 1. The molecule has 0 aromatic heterocycles. The van der Waals surface area contributed by atoms with Gasteiger partial charge in [0.2, 0.25) is 5.91 Å². The number of nitrogens with one attached hydrogen (secondary N) is 1. The van der Waals surface area contributed by atoms with E-state index in [2.05, 4.69) is 11.4 Å². The van der Waals surface area contributed by atoms with E-state index in [4.69, 9.17) is 14.7 Å². The molecule has 0 bridgehead atoms. The number of rotatable bonds is 9. The second kappa shape index (κ2) is 10.6. The Morgan fingerprint density at radius 2 is 1.93 bits per heavy atom. The van der Waals surface area contributed by atoms with Gasteiger partial charge in [-0.25, -0.2) is 4.79 Å². The highest BCUT2D eigenvalue weighted by Crippen LogP contribution is 2.14. The molecule has 0 fully saturated rings. The van der Waals surface area contributed by atoms with Gasteiger partial charge in [-0.3, -0.25) is 4.79 Å². The van der Waals surface area contributed by atoms with Crippen LogP contribution in [0, 0.1) is 11.3 Å². The van der Waals surface area contributed by atoms with Gasteiger partial charge < -0.3 is 14.8 Å². The van der Waals surface area contributed by atoms with Crippen molar-refractivity contribution in [1.29, 1.82) is 5.26 Å². The Hall–Kier alpha value is -3.33. The van der Waals surface area contributed by atoms with E-state index in [-0.39, 0.29) is 5.91 Å². The van der Waals surface area contributed by atoms with Crippen LogP contribution < -0.4 is 10.1 Å².